The van der Waals surface area contributed by atoms with Crippen molar-refractivity contribution in [3.63, 3.8) is 0 Å². The molecule has 1 aliphatic carbocycles. The standard InChI is InChI=1S/C12H21N3O3/c1-18-12(17)14-10-6-7-15(11(10)16)9-4-2-8(13)3-5-9/h8-10H,2-7,13H2,1H3,(H,14,17)/t8?,9?,10-/m0/s1. The monoisotopic (exact) mass is 255 g/mol. The van der Waals surface area contributed by atoms with Gasteiger partial charge in [-0.05, 0) is 32.1 Å². The van der Waals surface area contributed by atoms with Crippen LogP contribution in [-0.2, 0) is 9.53 Å². The van der Waals surface area contributed by atoms with Gasteiger partial charge in [-0.2, -0.15) is 0 Å². The number of hydrogen-bond donors (Lipinski definition) is 2. The van der Waals surface area contributed by atoms with E-state index in [0.29, 0.717) is 19.0 Å². The predicted molar refractivity (Wildman–Crippen MR) is 65.9 cm³/mol. The Kier molecular flexibility index (Phi) is 4.06. The second-order valence-electron chi connectivity index (χ2n) is 5.08. The number of carbonyl (C=O) groups is 2. The quantitative estimate of drug-likeness (QED) is 0.739. The second kappa shape index (κ2) is 5.56. The molecule has 1 atom stereocenters. The molecule has 1 saturated carbocycles. The van der Waals surface area contributed by atoms with Crippen LogP contribution in [0.4, 0.5) is 4.79 Å². The molecular weight excluding hydrogens is 234 g/mol. The first-order valence-electron chi connectivity index (χ1n) is 6.52. The van der Waals surface area contributed by atoms with Crippen molar-refractivity contribution in [2.24, 2.45) is 5.73 Å². The van der Waals surface area contributed by atoms with Crippen LogP contribution < -0.4 is 11.1 Å². The van der Waals surface area contributed by atoms with Crippen molar-refractivity contribution in [1.82, 2.24) is 10.2 Å². The molecule has 3 N–H and O–H groups in total. The van der Waals surface area contributed by atoms with Gasteiger partial charge in [-0.1, -0.05) is 0 Å². The molecule has 2 amide bonds. The number of nitrogens with two attached hydrogens (primary N) is 1. The largest absolute Gasteiger partial charge is 0.453 e. The third-order valence-corrected chi connectivity index (χ3v) is 3.90. The predicted octanol–water partition coefficient (Wildman–Crippen LogP) is 0.213. The van der Waals surface area contributed by atoms with Gasteiger partial charge >= 0.3 is 6.09 Å². The third-order valence-electron chi connectivity index (χ3n) is 3.90. The summed E-state index contributed by atoms with van der Waals surface area (Å²) in [6.07, 6.45) is 4.01. The van der Waals surface area contributed by atoms with Crippen molar-refractivity contribution in [2.45, 2.75) is 50.2 Å². The van der Waals surface area contributed by atoms with Crippen molar-refractivity contribution in [1.29, 1.82) is 0 Å². The van der Waals surface area contributed by atoms with Crippen LogP contribution in [0.3, 0.4) is 0 Å². The van der Waals surface area contributed by atoms with E-state index in [0.717, 1.165) is 25.7 Å². The number of ether oxygens (including phenoxy) is 1. The van der Waals surface area contributed by atoms with Crippen molar-refractivity contribution in [3.05, 3.63) is 0 Å². The Labute approximate surface area is 107 Å². The van der Waals surface area contributed by atoms with Gasteiger partial charge in [0.05, 0.1) is 7.11 Å². The molecule has 2 rings (SSSR count). The number of rotatable bonds is 2. The molecule has 0 aromatic heterocycles. The van der Waals surface area contributed by atoms with Gasteiger partial charge in [0.1, 0.15) is 6.04 Å². The number of carbonyl (C=O) groups excluding carboxylic acids is 2. The lowest BCUT2D eigenvalue weighted by molar-refractivity contribution is -0.131. The zero-order valence-electron chi connectivity index (χ0n) is 10.7. The lowest BCUT2D eigenvalue weighted by Crippen LogP contribution is -2.46. The van der Waals surface area contributed by atoms with Gasteiger partial charge in [-0.15, -0.1) is 0 Å². The van der Waals surface area contributed by atoms with E-state index in [2.05, 4.69) is 10.1 Å². The summed E-state index contributed by atoms with van der Waals surface area (Å²) in [7, 11) is 1.30. The zero-order chi connectivity index (χ0) is 13.1. The fourth-order valence-corrected chi connectivity index (χ4v) is 2.81. The molecule has 1 saturated heterocycles. The lowest BCUT2D eigenvalue weighted by atomic mass is 9.91. The van der Waals surface area contributed by atoms with Crippen molar-refractivity contribution < 1.29 is 14.3 Å². The average Bonchev–Trinajstić information content (AvgIpc) is 2.72. The minimum absolute atomic E-state index is 0.0147. The topological polar surface area (TPSA) is 84.7 Å². The van der Waals surface area contributed by atoms with Crippen molar-refractivity contribution in [3.8, 4) is 0 Å². The highest BCUT2D eigenvalue weighted by Gasteiger charge is 2.37. The molecule has 2 aliphatic rings. The summed E-state index contributed by atoms with van der Waals surface area (Å²) >= 11 is 0. The van der Waals surface area contributed by atoms with E-state index in [-0.39, 0.29) is 11.9 Å². The van der Waals surface area contributed by atoms with Crippen LogP contribution in [0.15, 0.2) is 0 Å². The Morgan fingerprint density at radius 1 is 1.33 bits per heavy atom. The van der Waals surface area contributed by atoms with Crippen molar-refractivity contribution in [2.75, 3.05) is 13.7 Å². The lowest BCUT2D eigenvalue weighted by Gasteiger charge is -2.33. The van der Waals surface area contributed by atoms with Gasteiger partial charge in [0.15, 0.2) is 0 Å². The molecule has 0 unspecified atom stereocenters. The highest BCUT2D eigenvalue weighted by Crippen LogP contribution is 2.26. The summed E-state index contributed by atoms with van der Waals surface area (Å²) in [6.45, 7) is 0.716. The number of methoxy groups -OCH3 is 1. The Morgan fingerprint density at radius 3 is 2.61 bits per heavy atom. The minimum Gasteiger partial charge on any atom is -0.453 e. The van der Waals surface area contributed by atoms with Gasteiger partial charge in [0, 0.05) is 18.6 Å². The maximum atomic E-state index is 12.2. The Morgan fingerprint density at radius 2 is 2.00 bits per heavy atom. The summed E-state index contributed by atoms with van der Waals surface area (Å²) in [5.41, 5.74) is 5.86. The summed E-state index contributed by atoms with van der Waals surface area (Å²) in [4.78, 5) is 25.2. The van der Waals surface area contributed by atoms with Crippen LogP contribution in [0.25, 0.3) is 0 Å². The average molecular weight is 255 g/mol. The van der Waals surface area contributed by atoms with Crippen molar-refractivity contribution >= 4 is 12.0 Å². The number of likely N-dealkylation sites (tertiary alicyclic amines) is 1. The first-order chi connectivity index (χ1) is 8.61. The molecule has 0 bridgehead atoms. The fraction of sp³-hybridized carbons (Fsp3) is 0.833. The number of nitrogens with zero attached hydrogens (tertiary/aromatic N) is 1. The first-order valence-corrected chi connectivity index (χ1v) is 6.52. The summed E-state index contributed by atoms with van der Waals surface area (Å²) in [5.74, 6) is 0.0147. The Bertz CT molecular complexity index is 327. The Balaban J connectivity index is 1.88. The molecule has 1 aliphatic heterocycles. The maximum Gasteiger partial charge on any atom is 0.407 e. The molecule has 6 heteroatoms. The zero-order valence-corrected chi connectivity index (χ0v) is 10.7. The summed E-state index contributed by atoms with van der Waals surface area (Å²) < 4.78 is 4.52. The number of amides is 2. The number of alkyl carbamates (subject to hydrolysis) is 1. The summed E-state index contributed by atoms with van der Waals surface area (Å²) in [5, 5.41) is 2.58. The summed E-state index contributed by atoms with van der Waals surface area (Å²) in [6, 6.07) is 0.151. The van der Waals surface area contributed by atoms with Crippen LogP contribution >= 0.6 is 0 Å². The normalized spacial score (nSPS) is 32.4. The molecule has 2 fully saturated rings. The molecule has 6 nitrogen and oxygen atoms in total. The van der Waals surface area contributed by atoms with Crippen LogP contribution in [0, 0.1) is 0 Å². The first kappa shape index (κ1) is 13.1. The van der Waals surface area contributed by atoms with Gasteiger partial charge in [0.25, 0.3) is 0 Å². The number of hydrogen-bond acceptors (Lipinski definition) is 4. The van der Waals surface area contributed by atoms with E-state index in [9.17, 15) is 9.59 Å². The SMILES string of the molecule is COC(=O)N[C@H]1CCN(C2CCC(N)CC2)C1=O. The minimum atomic E-state index is -0.541. The molecule has 0 aromatic carbocycles. The van der Waals surface area contributed by atoms with Crippen LogP contribution in [0.1, 0.15) is 32.1 Å². The fourth-order valence-electron chi connectivity index (χ4n) is 2.81. The van der Waals surface area contributed by atoms with Gasteiger partial charge in [-0.25, -0.2) is 4.79 Å². The molecule has 0 spiro atoms. The second-order valence-corrected chi connectivity index (χ2v) is 5.08. The van der Waals surface area contributed by atoms with E-state index in [1.165, 1.54) is 7.11 Å². The smallest absolute Gasteiger partial charge is 0.407 e. The van der Waals surface area contributed by atoms with E-state index in [4.69, 9.17) is 5.73 Å². The maximum absolute atomic E-state index is 12.2. The van der Waals surface area contributed by atoms with E-state index in [1.54, 1.807) is 0 Å². The van der Waals surface area contributed by atoms with E-state index in [1.807, 2.05) is 4.90 Å². The van der Waals surface area contributed by atoms with Crippen LogP contribution in [-0.4, -0.2) is 48.7 Å². The Hall–Kier alpha value is -1.30. The van der Waals surface area contributed by atoms with E-state index < -0.39 is 12.1 Å². The van der Waals surface area contributed by atoms with Gasteiger partial charge in [0.2, 0.25) is 5.91 Å². The highest BCUT2D eigenvalue weighted by molar-refractivity contribution is 5.87. The van der Waals surface area contributed by atoms with E-state index >= 15 is 0 Å². The molecule has 0 radical (unpaired) electrons. The van der Waals surface area contributed by atoms with Crippen LogP contribution in [0.2, 0.25) is 0 Å². The molecular formula is C12H21N3O3. The molecule has 102 valence electrons. The highest BCUT2D eigenvalue weighted by atomic mass is 16.5. The molecule has 18 heavy (non-hydrogen) atoms. The third kappa shape index (κ3) is 2.75. The number of nitrogens with one attached hydrogen (secondary N) is 1. The van der Waals surface area contributed by atoms with Gasteiger partial charge < -0.3 is 20.7 Å². The molecule has 1 heterocycles. The molecule has 0 aromatic rings. The van der Waals surface area contributed by atoms with Gasteiger partial charge in [-0.3, -0.25) is 4.79 Å². The van der Waals surface area contributed by atoms with Crippen LogP contribution in [0.5, 0.6) is 0 Å².